The average Bonchev–Trinajstić information content (AvgIpc) is 2.88. The number of quaternary nitrogens is 1. The molecule has 1 saturated heterocycles. The van der Waals surface area contributed by atoms with Crippen molar-refractivity contribution in [2.75, 3.05) is 80.0 Å². The summed E-state index contributed by atoms with van der Waals surface area (Å²) in [5.41, 5.74) is 0. The highest BCUT2D eigenvalue weighted by Gasteiger charge is 2.31. The number of methoxy groups -OCH3 is 2. The zero-order valence-corrected chi connectivity index (χ0v) is 15.1. The molecule has 1 rings (SSSR count). The minimum absolute atomic E-state index is 0. The van der Waals surface area contributed by atoms with Gasteiger partial charge in [0.1, 0.15) is 13.1 Å². The summed E-state index contributed by atoms with van der Waals surface area (Å²) in [6.45, 7) is 9.11. The summed E-state index contributed by atoms with van der Waals surface area (Å²) >= 11 is 0. The minimum Gasteiger partial charge on any atom is -1.00 e. The van der Waals surface area contributed by atoms with E-state index in [4.69, 9.17) is 18.9 Å². The largest absolute Gasteiger partial charge is 1.00 e. The van der Waals surface area contributed by atoms with Gasteiger partial charge in [0, 0.05) is 27.1 Å². The summed E-state index contributed by atoms with van der Waals surface area (Å²) in [4.78, 5) is 0. The topological polar surface area (TPSA) is 36.9 Å². The zero-order valence-electron chi connectivity index (χ0n) is 12.9. The molecular weight excluding hydrogens is 373 g/mol. The highest BCUT2D eigenvalue weighted by Crippen LogP contribution is 2.18. The normalized spacial score (nSPS) is 17.1. The van der Waals surface area contributed by atoms with Gasteiger partial charge in [-0.2, -0.15) is 0 Å². The van der Waals surface area contributed by atoms with E-state index in [0.717, 1.165) is 30.8 Å². The Hall–Kier alpha value is 0.530. The predicted molar refractivity (Wildman–Crippen MR) is 74.4 cm³/mol. The number of hydrogen-bond donors (Lipinski definition) is 0. The van der Waals surface area contributed by atoms with E-state index in [9.17, 15) is 0 Å². The molecule has 1 aliphatic rings. The summed E-state index contributed by atoms with van der Waals surface area (Å²) in [7, 11) is 3.41. The first-order valence-corrected chi connectivity index (χ1v) is 7.31. The van der Waals surface area contributed by atoms with Crippen LogP contribution in [0.5, 0.6) is 0 Å². The Morgan fingerprint density at radius 1 is 0.700 bits per heavy atom. The summed E-state index contributed by atoms with van der Waals surface area (Å²) in [6, 6.07) is 0. The molecule has 20 heavy (non-hydrogen) atoms. The van der Waals surface area contributed by atoms with Crippen molar-refractivity contribution in [3.05, 3.63) is 0 Å². The Labute approximate surface area is 140 Å². The molecule has 0 aliphatic carbocycles. The number of nitrogens with zero attached hydrogens (tertiary/aromatic N) is 1. The molecule has 1 fully saturated rings. The van der Waals surface area contributed by atoms with Gasteiger partial charge in [-0.15, -0.1) is 0 Å². The van der Waals surface area contributed by atoms with Crippen LogP contribution in [-0.4, -0.2) is 84.5 Å². The average molecular weight is 403 g/mol. The Morgan fingerprint density at radius 2 is 1.15 bits per heavy atom. The second kappa shape index (κ2) is 13.2. The third-order valence-corrected chi connectivity index (χ3v) is 3.80. The van der Waals surface area contributed by atoms with Crippen LogP contribution >= 0.6 is 0 Å². The molecule has 122 valence electrons. The third kappa shape index (κ3) is 8.74. The monoisotopic (exact) mass is 403 g/mol. The molecule has 5 nitrogen and oxygen atoms in total. The fourth-order valence-electron chi connectivity index (χ4n) is 2.57. The molecule has 0 radical (unpaired) electrons. The number of likely N-dealkylation sites (tertiary alicyclic amines) is 1. The summed E-state index contributed by atoms with van der Waals surface area (Å²) in [5.74, 6) is 0. The van der Waals surface area contributed by atoms with E-state index in [1.807, 2.05) is 0 Å². The van der Waals surface area contributed by atoms with E-state index < -0.39 is 0 Å². The second-order valence-electron chi connectivity index (χ2n) is 5.15. The van der Waals surface area contributed by atoms with E-state index in [-0.39, 0.29) is 24.0 Å². The van der Waals surface area contributed by atoms with Gasteiger partial charge < -0.3 is 47.4 Å². The fraction of sp³-hybridized carbons (Fsp3) is 1.00. The van der Waals surface area contributed by atoms with Gasteiger partial charge in [0.25, 0.3) is 0 Å². The maximum atomic E-state index is 5.60. The molecule has 0 amide bonds. The van der Waals surface area contributed by atoms with Gasteiger partial charge in [0.15, 0.2) is 0 Å². The fourth-order valence-corrected chi connectivity index (χ4v) is 2.57. The molecule has 0 spiro atoms. The summed E-state index contributed by atoms with van der Waals surface area (Å²) < 4.78 is 22.3. The highest BCUT2D eigenvalue weighted by molar-refractivity contribution is 4.55. The first-order valence-electron chi connectivity index (χ1n) is 7.31. The quantitative estimate of drug-likeness (QED) is 0.213. The van der Waals surface area contributed by atoms with Crippen LogP contribution in [0.1, 0.15) is 12.8 Å². The van der Waals surface area contributed by atoms with Crippen molar-refractivity contribution in [2.24, 2.45) is 0 Å². The Kier molecular flexibility index (Phi) is 13.6. The summed E-state index contributed by atoms with van der Waals surface area (Å²) in [6.07, 6.45) is 2.66. The van der Waals surface area contributed by atoms with Crippen LogP contribution in [0.15, 0.2) is 0 Å². The van der Waals surface area contributed by atoms with E-state index in [0.29, 0.717) is 26.4 Å². The first kappa shape index (κ1) is 20.5. The van der Waals surface area contributed by atoms with Gasteiger partial charge >= 0.3 is 0 Å². The smallest absolute Gasteiger partial charge is 0.102 e. The molecule has 0 aromatic carbocycles. The molecule has 6 heteroatoms. The van der Waals surface area contributed by atoms with Crippen LogP contribution in [0.3, 0.4) is 0 Å². The van der Waals surface area contributed by atoms with Crippen molar-refractivity contribution in [1.82, 2.24) is 0 Å². The van der Waals surface area contributed by atoms with Crippen molar-refractivity contribution >= 4 is 0 Å². The Morgan fingerprint density at radius 3 is 1.55 bits per heavy atom. The van der Waals surface area contributed by atoms with Crippen molar-refractivity contribution in [3.8, 4) is 0 Å². The first-order chi connectivity index (χ1) is 9.33. The maximum absolute atomic E-state index is 5.60. The lowest BCUT2D eigenvalue weighted by atomic mass is 10.4. The molecular formula is C14H30INO4. The molecule has 0 aromatic rings. The minimum atomic E-state index is 0. The van der Waals surface area contributed by atoms with E-state index in [1.165, 1.54) is 25.9 Å². The lowest BCUT2D eigenvalue weighted by Gasteiger charge is -2.34. The van der Waals surface area contributed by atoms with Gasteiger partial charge in [-0.05, 0) is 0 Å². The molecule has 0 atom stereocenters. The standard InChI is InChI=1S/C14H30NO4.HI/c1-16-11-13-18-9-7-15(5-3-4-6-15)8-10-19-14-12-17-2;/h3-14H2,1-2H3;1H/q+1;/p-1. The van der Waals surface area contributed by atoms with E-state index >= 15 is 0 Å². The van der Waals surface area contributed by atoms with Gasteiger partial charge in [-0.1, -0.05) is 0 Å². The number of rotatable bonds is 12. The summed E-state index contributed by atoms with van der Waals surface area (Å²) in [5, 5.41) is 0. The van der Waals surface area contributed by atoms with Crippen molar-refractivity contribution in [1.29, 1.82) is 0 Å². The van der Waals surface area contributed by atoms with Crippen molar-refractivity contribution in [2.45, 2.75) is 12.8 Å². The van der Waals surface area contributed by atoms with Crippen molar-refractivity contribution < 1.29 is 47.4 Å². The molecule has 1 heterocycles. The molecule has 0 N–H and O–H groups in total. The number of ether oxygens (including phenoxy) is 4. The highest BCUT2D eigenvalue weighted by atomic mass is 127. The van der Waals surface area contributed by atoms with Crippen LogP contribution in [0, 0.1) is 0 Å². The molecule has 0 saturated carbocycles. The molecule has 0 bridgehead atoms. The third-order valence-electron chi connectivity index (χ3n) is 3.80. The van der Waals surface area contributed by atoms with Gasteiger partial charge in [-0.3, -0.25) is 0 Å². The zero-order chi connectivity index (χ0) is 13.8. The lowest BCUT2D eigenvalue weighted by Crippen LogP contribution is -3.00. The van der Waals surface area contributed by atoms with Crippen LogP contribution in [0.25, 0.3) is 0 Å². The van der Waals surface area contributed by atoms with Crippen LogP contribution in [-0.2, 0) is 18.9 Å². The SMILES string of the molecule is COCCOCC[N+]1(CCOCCOC)CCCC1.[I-]. The second-order valence-corrected chi connectivity index (χ2v) is 5.15. The lowest BCUT2D eigenvalue weighted by molar-refractivity contribution is -0.917. The van der Waals surface area contributed by atoms with Crippen LogP contribution in [0.2, 0.25) is 0 Å². The number of halogens is 1. The molecule has 0 aromatic heterocycles. The van der Waals surface area contributed by atoms with Gasteiger partial charge in [0.2, 0.25) is 0 Å². The van der Waals surface area contributed by atoms with E-state index in [2.05, 4.69) is 0 Å². The Balaban J connectivity index is 0.00000361. The van der Waals surface area contributed by atoms with Gasteiger partial charge in [-0.25, -0.2) is 0 Å². The van der Waals surface area contributed by atoms with Gasteiger partial charge in [0.05, 0.1) is 52.7 Å². The molecule has 1 aliphatic heterocycles. The molecule has 0 unspecified atom stereocenters. The Bertz CT molecular complexity index is 197. The number of hydrogen-bond acceptors (Lipinski definition) is 4. The maximum Gasteiger partial charge on any atom is 0.102 e. The van der Waals surface area contributed by atoms with Crippen LogP contribution in [0.4, 0.5) is 0 Å². The van der Waals surface area contributed by atoms with Crippen molar-refractivity contribution in [3.63, 3.8) is 0 Å². The van der Waals surface area contributed by atoms with E-state index in [1.54, 1.807) is 14.2 Å². The predicted octanol–water partition coefficient (Wildman–Crippen LogP) is -2.07. The van der Waals surface area contributed by atoms with Crippen LogP contribution < -0.4 is 24.0 Å².